The number of benzene rings is 2. The van der Waals surface area contributed by atoms with E-state index in [0.717, 1.165) is 5.56 Å². The van der Waals surface area contributed by atoms with Crippen LogP contribution >= 0.6 is 0 Å². The third-order valence-corrected chi connectivity index (χ3v) is 2.17. The maximum atomic E-state index is 11.5. The smallest absolute Gasteiger partial charge is 0.336 e. The zero-order valence-corrected chi connectivity index (χ0v) is 13.2. The van der Waals surface area contributed by atoms with Gasteiger partial charge in [-0.3, -0.25) is 0 Å². The molecule has 0 fully saturated rings. The minimum Gasteiger partial charge on any atom is -0.423 e. The van der Waals surface area contributed by atoms with Gasteiger partial charge in [-0.2, -0.15) is 0 Å². The predicted molar refractivity (Wildman–Crippen MR) is 90.2 cm³/mol. The van der Waals surface area contributed by atoms with Gasteiger partial charge in [0, 0.05) is 6.08 Å². The van der Waals surface area contributed by atoms with E-state index in [0.29, 0.717) is 5.75 Å². The van der Waals surface area contributed by atoms with Crippen molar-refractivity contribution in [3.8, 4) is 5.75 Å². The molecule has 2 aromatic carbocycles. The summed E-state index contributed by atoms with van der Waals surface area (Å²) in [4.78, 5) is 11.5. The average Bonchev–Trinajstić information content (AvgIpc) is 2.58. The molecule has 0 saturated carbocycles. The topological polar surface area (TPSA) is 26.3 Å². The molecular formula is C19H24O2. The molecule has 0 bridgehead atoms. The summed E-state index contributed by atoms with van der Waals surface area (Å²) in [5.41, 5.74) is 0.970. The SMILES string of the molecule is CC.CC.O=C(C=Cc1ccccc1)Oc1ccccc1. The van der Waals surface area contributed by atoms with E-state index in [1.54, 1.807) is 18.2 Å². The molecule has 0 spiro atoms. The Bertz CT molecular complexity index is 502. The summed E-state index contributed by atoms with van der Waals surface area (Å²) in [6.07, 6.45) is 3.15. The number of rotatable bonds is 3. The summed E-state index contributed by atoms with van der Waals surface area (Å²) in [7, 11) is 0. The van der Waals surface area contributed by atoms with Gasteiger partial charge in [0.05, 0.1) is 0 Å². The molecule has 21 heavy (non-hydrogen) atoms. The van der Waals surface area contributed by atoms with Crippen molar-refractivity contribution in [1.29, 1.82) is 0 Å². The van der Waals surface area contributed by atoms with Crippen molar-refractivity contribution in [2.75, 3.05) is 0 Å². The summed E-state index contributed by atoms with van der Waals surface area (Å²) < 4.78 is 5.11. The average molecular weight is 284 g/mol. The Hall–Kier alpha value is -2.35. The molecule has 2 nitrogen and oxygen atoms in total. The second-order valence-corrected chi connectivity index (χ2v) is 3.48. The van der Waals surface area contributed by atoms with Gasteiger partial charge in [-0.15, -0.1) is 0 Å². The van der Waals surface area contributed by atoms with Crippen molar-refractivity contribution < 1.29 is 9.53 Å². The molecule has 2 rings (SSSR count). The zero-order valence-electron chi connectivity index (χ0n) is 13.2. The number of hydrogen-bond acceptors (Lipinski definition) is 2. The fraction of sp³-hybridized carbons (Fsp3) is 0.211. The first-order valence-electron chi connectivity index (χ1n) is 7.34. The van der Waals surface area contributed by atoms with Crippen LogP contribution in [0.5, 0.6) is 5.75 Å². The van der Waals surface area contributed by atoms with E-state index in [1.807, 2.05) is 76.2 Å². The summed E-state index contributed by atoms with van der Waals surface area (Å²) in [5.74, 6) is 0.176. The van der Waals surface area contributed by atoms with Gasteiger partial charge in [0.2, 0.25) is 0 Å². The monoisotopic (exact) mass is 284 g/mol. The first kappa shape index (κ1) is 18.7. The number of hydrogen-bond donors (Lipinski definition) is 0. The van der Waals surface area contributed by atoms with Gasteiger partial charge >= 0.3 is 5.97 Å². The minimum absolute atomic E-state index is 0.375. The highest BCUT2D eigenvalue weighted by Gasteiger charge is 1.98. The van der Waals surface area contributed by atoms with Gasteiger partial charge in [0.25, 0.3) is 0 Å². The third kappa shape index (κ3) is 8.43. The van der Waals surface area contributed by atoms with Gasteiger partial charge in [-0.25, -0.2) is 4.79 Å². The Labute approximate surface area is 128 Å². The van der Waals surface area contributed by atoms with E-state index >= 15 is 0 Å². The highest BCUT2D eigenvalue weighted by atomic mass is 16.5. The summed E-state index contributed by atoms with van der Waals surface area (Å²) in [6.45, 7) is 8.00. The Morgan fingerprint density at radius 1 is 0.810 bits per heavy atom. The van der Waals surface area contributed by atoms with Gasteiger partial charge < -0.3 is 4.74 Å². The van der Waals surface area contributed by atoms with Gasteiger partial charge in [-0.1, -0.05) is 76.2 Å². The number of para-hydroxylation sites is 1. The Morgan fingerprint density at radius 3 is 1.81 bits per heavy atom. The Kier molecular flexibility index (Phi) is 11.3. The van der Waals surface area contributed by atoms with Crippen molar-refractivity contribution in [3.63, 3.8) is 0 Å². The molecule has 0 saturated heterocycles. The molecule has 0 amide bonds. The summed E-state index contributed by atoms with van der Waals surface area (Å²) in [6, 6.07) is 18.6. The van der Waals surface area contributed by atoms with E-state index in [-0.39, 0.29) is 5.97 Å². The van der Waals surface area contributed by atoms with Crippen LogP contribution in [0.4, 0.5) is 0 Å². The standard InChI is InChI=1S/C15H12O2.2C2H6/c16-15(17-14-9-5-2-6-10-14)12-11-13-7-3-1-4-8-13;2*1-2/h1-12H;2*1-2H3. The zero-order chi connectivity index (χ0) is 15.9. The number of esters is 1. The lowest BCUT2D eigenvalue weighted by Gasteiger charge is -1.99. The van der Waals surface area contributed by atoms with E-state index in [4.69, 9.17) is 4.74 Å². The first-order chi connectivity index (χ1) is 10.3. The van der Waals surface area contributed by atoms with Crippen LogP contribution in [0.25, 0.3) is 6.08 Å². The molecule has 0 heterocycles. The fourth-order valence-electron chi connectivity index (χ4n) is 1.37. The molecule has 2 heteroatoms. The summed E-state index contributed by atoms with van der Waals surface area (Å²) in [5, 5.41) is 0. The van der Waals surface area contributed by atoms with Crippen LogP contribution in [-0.4, -0.2) is 5.97 Å². The van der Waals surface area contributed by atoms with Crippen LogP contribution in [0.2, 0.25) is 0 Å². The normalized spacial score (nSPS) is 8.95. The van der Waals surface area contributed by atoms with Crippen LogP contribution in [0.3, 0.4) is 0 Å². The van der Waals surface area contributed by atoms with E-state index in [2.05, 4.69) is 0 Å². The van der Waals surface area contributed by atoms with Crippen molar-refractivity contribution >= 4 is 12.0 Å². The summed E-state index contributed by atoms with van der Waals surface area (Å²) >= 11 is 0. The van der Waals surface area contributed by atoms with Crippen molar-refractivity contribution in [1.82, 2.24) is 0 Å². The van der Waals surface area contributed by atoms with Crippen LogP contribution in [-0.2, 0) is 4.79 Å². The lowest BCUT2D eigenvalue weighted by molar-refractivity contribution is -0.128. The van der Waals surface area contributed by atoms with E-state index < -0.39 is 0 Å². The lowest BCUT2D eigenvalue weighted by atomic mass is 10.2. The van der Waals surface area contributed by atoms with E-state index in [1.165, 1.54) is 6.08 Å². The number of carbonyl (C=O) groups is 1. The molecular weight excluding hydrogens is 260 g/mol. The van der Waals surface area contributed by atoms with Gasteiger partial charge in [0.1, 0.15) is 5.75 Å². The van der Waals surface area contributed by atoms with Gasteiger partial charge in [-0.05, 0) is 23.8 Å². The quantitative estimate of drug-likeness (QED) is 0.431. The van der Waals surface area contributed by atoms with Crippen LogP contribution in [0, 0.1) is 0 Å². The maximum absolute atomic E-state index is 11.5. The van der Waals surface area contributed by atoms with E-state index in [9.17, 15) is 4.79 Å². The van der Waals surface area contributed by atoms with Crippen molar-refractivity contribution in [2.24, 2.45) is 0 Å². The Morgan fingerprint density at radius 2 is 1.29 bits per heavy atom. The number of carbonyl (C=O) groups excluding carboxylic acids is 1. The molecule has 112 valence electrons. The second-order valence-electron chi connectivity index (χ2n) is 3.48. The molecule has 0 aliphatic carbocycles. The molecule has 0 aliphatic rings. The van der Waals surface area contributed by atoms with Crippen LogP contribution < -0.4 is 4.74 Å². The Balaban J connectivity index is 0.000000921. The highest BCUT2D eigenvalue weighted by molar-refractivity contribution is 5.88. The highest BCUT2D eigenvalue weighted by Crippen LogP contribution is 2.09. The molecule has 0 N–H and O–H groups in total. The van der Waals surface area contributed by atoms with Gasteiger partial charge in [0.15, 0.2) is 0 Å². The van der Waals surface area contributed by atoms with Crippen molar-refractivity contribution in [2.45, 2.75) is 27.7 Å². The molecule has 2 aromatic rings. The maximum Gasteiger partial charge on any atom is 0.336 e. The van der Waals surface area contributed by atoms with Crippen LogP contribution in [0.1, 0.15) is 33.3 Å². The largest absolute Gasteiger partial charge is 0.423 e. The molecule has 0 unspecified atom stereocenters. The van der Waals surface area contributed by atoms with Crippen molar-refractivity contribution in [3.05, 3.63) is 72.3 Å². The molecule has 0 aliphatic heterocycles. The fourth-order valence-corrected chi connectivity index (χ4v) is 1.37. The van der Waals surface area contributed by atoms with Crippen LogP contribution in [0.15, 0.2) is 66.7 Å². The second kappa shape index (κ2) is 12.7. The first-order valence-corrected chi connectivity index (χ1v) is 7.34. The lowest BCUT2D eigenvalue weighted by Crippen LogP contribution is -2.03. The predicted octanol–water partition coefficient (Wildman–Crippen LogP) is 5.36. The minimum atomic E-state index is -0.375. The third-order valence-electron chi connectivity index (χ3n) is 2.17. The molecule has 0 aromatic heterocycles. The molecule has 0 radical (unpaired) electrons. The molecule has 0 atom stereocenters. The number of ether oxygens (including phenoxy) is 1.